The van der Waals surface area contributed by atoms with E-state index in [1.807, 2.05) is 0 Å². The monoisotopic (exact) mass is 257 g/mol. The van der Waals surface area contributed by atoms with Crippen molar-refractivity contribution in [2.75, 3.05) is 19.8 Å². The lowest BCUT2D eigenvalue weighted by molar-refractivity contribution is -0.164. The molecule has 0 aromatic heterocycles. The van der Waals surface area contributed by atoms with Crippen LogP contribution in [0.5, 0.6) is 0 Å². The van der Waals surface area contributed by atoms with Crippen molar-refractivity contribution in [2.45, 2.75) is 69.8 Å². The highest BCUT2D eigenvalue weighted by Gasteiger charge is 2.18. The summed E-state index contributed by atoms with van der Waals surface area (Å²) in [7, 11) is 0. The van der Waals surface area contributed by atoms with E-state index in [1.165, 1.54) is 12.8 Å². The molecule has 0 aromatic rings. The second-order valence-electron chi connectivity index (χ2n) is 5.43. The predicted octanol–water partition coefficient (Wildman–Crippen LogP) is 2.21. The first-order valence-corrected chi connectivity index (χ1v) is 7.45. The van der Waals surface area contributed by atoms with E-state index < -0.39 is 0 Å². The summed E-state index contributed by atoms with van der Waals surface area (Å²) < 4.78 is 17.0. The molecule has 0 radical (unpaired) electrons. The van der Waals surface area contributed by atoms with Gasteiger partial charge < -0.3 is 19.9 Å². The molecule has 1 aliphatic heterocycles. The van der Waals surface area contributed by atoms with Crippen LogP contribution in [0.25, 0.3) is 0 Å². The fraction of sp³-hybridized carbons (Fsp3) is 1.00. The molecule has 2 aliphatic rings. The molecule has 2 rings (SSSR count). The minimum absolute atomic E-state index is 0.0337. The van der Waals surface area contributed by atoms with Gasteiger partial charge in [-0.3, -0.25) is 0 Å². The molecular weight excluding hydrogens is 230 g/mol. The van der Waals surface area contributed by atoms with Crippen LogP contribution in [0.15, 0.2) is 0 Å². The van der Waals surface area contributed by atoms with Gasteiger partial charge in [-0.25, -0.2) is 0 Å². The van der Waals surface area contributed by atoms with E-state index in [4.69, 9.17) is 19.9 Å². The van der Waals surface area contributed by atoms with Gasteiger partial charge in [0.2, 0.25) is 0 Å². The Balaban J connectivity index is 1.43. The van der Waals surface area contributed by atoms with E-state index in [0.29, 0.717) is 12.1 Å². The van der Waals surface area contributed by atoms with E-state index in [0.717, 1.165) is 58.3 Å². The van der Waals surface area contributed by atoms with Crippen molar-refractivity contribution in [3.63, 3.8) is 0 Å². The van der Waals surface area contributed by atoms with Crippen molar-refractivity contribution >= 4 is 0 Å². The molecule has 4 heteroatoms. The standard InChI is InChI=1S/C14H27NO3/c15-12-5-7-13(8-6-12)16-10-3-11-18-14-4-1-2-9-17-14/h12-14H,1-11,15H2/t12-,13-,14?. The molecule has 0 amide bonds. The van der Waals surface area contributed by atoms with Crippen molar-refractivity contribution < 1.29 is 14.2 Å². The van der Waals surface area contributed by atoms with Crippen LogP contribution in [-0.2, 0) is 14.2 Å². The lowest BCUT2D eigenvalue weighted by Crippen LogP contribution is -2.30. The van der Waals surface area contributed by atoms with Gasteiger partial charge in [0.25, 0.3) is 0 Å². The van der Waals surface area contributed by atoms with E-state index in [1.54, 1.807) is 0 Å². The number of hydrogen-bond acceptors (Lipinski definition) is 4. The van der Waals surface area contributed by atoms with Gasteiger partial charge in [-0.2, -0.15) is 0 Å². The molecule has 1 saturated heterocycles. The quantitative estimate of drug-likeness (QED) is 0.741. The van der Waals surface area contributed by atoms with Crippen LogP contribution < -0.4 is 5.73 Å². The van der Waals surface area contributed by atoms with Crippen LogP contribution in [0.3, 0.4) is 0 Å². The highest BCUT2D eigenvalue weighted by atomic mass is 16.7. The minimum atomic E-state index is 0.0337. The van der Waals surface area contributed by atoms with Crippen LogP contribution in [0.4, 0.5) is 0 Å². The highest BCUT2D eigenvalue weighted by Crippen LogP contribution is 2.20. The molecule has 18 heavy (non-hydrogen) atoms. The lowest BCUT2D eigenvalue weighted by atomic mass is 9.94. The van der Waals surface area contributed by atoms with Gasteiger partial charge in [-0.15, -0.1) is 0 Å². The van der Waals surface area contributed by atoms with E-state index in [9.17, 15) is 0 Å². The maximum absolute atomic E-state index is 5.87. The first-order valence-electron chi connectivity index (χ1n) is 7.45. The largest absolute Gasteiger partial charge is 0.378 e. The second kappa shape index (κ2) is 8.10. The third-order valence-corrected chi connectivity index (χ3v) is 3.80. The molecule has 1 unspecified atom stereocenters. The summed E-state index contributed by atoms with van der Waals surface area (Å²) in [6, 6.07) is 0.400. The lowest BCUT2D eigenvalue weighted by Gasteiger charge is -2.26. The van der Waals surface area contributed by atoms with Crippen molar-refractivity contribution in [3.05, 3.63) is 0 Å². The van der Waals surface area contributed by atoms with Crippen molar-refractivity contribution in [2.24, 2.45) is 5.73 Å². The smallest absolute Gasteiger partial charge is 0.157 e. The minimum Gasteiger partial charge on any atom is -0.378 e. The average molecular weight is 257 g/mol. The van der Waals surface area contributed by atoms with Crippen LogP contribution in [0, 0.1) is 0 Å². The van der Waals surface area contributed by atoms with E-state index >= 15 is 0 Å². The zero-order valence-corrected chi connectivity index (χ0v) is 11.3. The Morgan fingerprint density at radius 2 is 1.72 bits per heavy atom. The summed E-state index contributed by atoms with van der Waals surface area (Å²) in [5.41, 5.74) is 5.87. The average Bonchev–Trinajstić information content (AvgIpc) is 2.42. The van der Waals surface area contributed by atoms with Crippen molar-refractivity contribution in [1.82, 2.24) is 0 Å². The van der Waals surface area contributed by atoms with Gasteiger partial charge in [-0.05, 0) is 51.4 Å². The van der Waals surface area contributed by atoms with Gasteiger partial charge in [-0.1, -0.05) is 0 Å². The fourth-order valence-corrected chi connectivity index (χ4v) is 2.62. The Morgan fingerprint density at radius 3 is 2.44 bits per heavy atom. The Bertz CT molecular complexity index is 211. The van der Waals surface area contributed by atoms with E-state index in [-0.39, 0.29) is 6.29 Å². The normalized spacial score (nSPS) is 33.5. The number of rotatable bonds is 6. The zero-order valence-electron chi connectivity index (χ0n) is 11.3. The summed E-state index contributed by atoms with van der Waals surface area (Å²) in [4.78, 5) is 0. The predicted molar refractivity (Wildman–Crippen MR) is 70.3 cm³/mol. The number of ether oxygens (including phenoxy) is 3. The molecule has 2 N–H and O–H groups in total. The fourth-order valence-electron chi connectivity index (χ4n) is 2.62. The Hall–Kier alpha value is -0.160. The molecule has 0 spiro atoms. The van der Waals surface area contributed by atoms with Gasteiger partial charge in [0, 0.05) is 19.3 Å². The van der Waals surface area contributed by atoms with Crippen molar-refractivity contribution in [1.29, 1.82) is 0 Å². The van der Waals surface area contributed by atoms with Crippen molar-refractivity contribution in [3.8, 4) is 0 Å². The molecule has 106 valence electrons. The van der Waals surface area contributed by atoms with Gasteiger partial charge in [0.15, 0.2) is 6.29 Å². The van der Waals surface area contributed by atoms with Gasteiger partial charge >= 0.3 is 0 Å². The molecule has 0 bridgehead atoms. The second-order valence-corrected chi connectivity index (χ2v) is 5.43. The third kappa shape index (κ3) is 5.22. The highest BCUT2D eigenvalue weighted by molar-refractivity contribution is 4.74. The molecule has 0 aromatic carbocycles. The van der Waals surface area contributed by atoms with Crippen LogP contribution in [-0.4, -0.2) is 38.3 Å². The molecule has 1 heterocycles. The molecule has 2 fully saturated rings. The summed E-state index contributed by atoms with van der Waals surface area (Å²) in [5.74, 6) is 0. The first-order chi connectivity index (χ1) is 8.84. The topological polar surface area (TPSA) is 53.7 Å². The van der Waals surface area contributed by atoms with Gasteiger partial charge in [0.05, 0.1) is 12.7 Å². The Morgan fingerprint density at radius 1 is 0.944 bits per heavy atom. The molecule has 1 saturated carbocycles. The molecular formula is C14H27NO3. The molecule has 1 aliphatic carbocycles. The SMILES string of the molecule is N[C@H]1CC[C@H](OCCCOC2CCCCO2)CC1. The maximum Gasteiger partial charge on any atom is 0.157 e. The summed E-state index contributed by atoms with van der Waals surface area (Å²) in [6.45, 7) is 2.40. The molecule has 1 atom stereocenters. The number of nitrogens with two attached hydrogens (primary N) is 1. The van der Waals surface area contributed by atoms with Crippen LogP contribution in [0.1, 0.15) is 51.4 Å². The first kappa shape index (κ1) is 14.3. The Kier molecular flexibility index (Phi) is 6.41. The summed E-state index contributed by atoms with van der Waals surface area (Å²) in [6.07, 6.45) is 9.32. The summed E-state index contributed by atoms with van der Waals surface area (Å²) >= 11 is 0. The maximum atomic E-state index is 5.87. The van der Waals surface area contributed by atoms with Gasteiger partial charge in [0.1, 0.15) is 0 Å². The third-order valence-electron chi connectivity index (χ3n) is 3.80. The molecule has 4 nitrogen and oxygen atoms in total. The van der Waals surface area contributed by atoms with E-state index in [2.05, 4.69) is 0 Å². The van der Waals surface area contributed by atoms with Crippen LogP contribution in [0.2, 0.25) is 0 Å². The van der Waals surface area contributed by atoms with Crippen LogP contribution >= 0.6 is 0 Å². The number of hydrogen-bond donors (Lipinski definition) is 1. The zero-order chi connectivity index (χ0) is 12.6. The Labute approximate surface area is 110 Å². The summed E-state index contributed by atoms with van der Waals surface area (Å²) in [5, 5.41) is 0.